The molecule has 0 saturated carbocycles. The lowest BCUT2D eigenvalue weighted by atomic mass is 10.3. The Kier molecular flexibility index (Phi) is 4.07. The highest BCUT2D eigenvalue weighted by molar-refractivity contribution is 5.64. The Hall–Kier alpha value is -2.44. The zero-order valence-corrected chi connectivity index (χ0v) is 10.1. The lowest BCUT2D eigenvalue weighted by Crippen LogP contribution is -2.05. The molecular weight excluding hydrogens is 254 g/mol. The molecule has 1 aromatic heterocycles. The number of benzene rings is 1. The summed E-state index contributed by atoms with van der Waals surface area (Å²) in [4.78, 5) is 8.14. The number of alkyl halides is 2. The Bertz CT molecular complexity index is 551. The normalized spacial score (nSPS) is 10.3. The van der Waals surface area contributed by atoms with Crippen molar-refractivity contribution in [2.24, 2.45) is 0 Å². The lowest BCUT2D eigenvalue weighted by molar-refractivity contribution is -0.0493. The van der Waals surface area contributed by atoms with Crippen molar-refractivity contribution < 1.29 is 13.5 Å². The van der Waals surface area contributed by atoms with E-state index in [-0.39, 0.29) is 5.75 Å². The Morgan fingerprint density at radius 1 is 1.16 bits per heavy atom. The minimum absolute atomic E-state index is 0.0501. The summed E-state index contributed by atoms with van der Waals surface area (Å²) in [6.07, 6.45) is 3.03. The fraction of sp³-hybridized carbons (Fsp3) is 0.167. The highest BCUT2D eigenvalue weighted by Gasteiger charge is 2.09. The van der Waals surface area contributed by atoms with Crippen LogP contribution in [0, 0.1) is 0 Å². The molecule has 0 aliphatic carbocycles. The maximum atomic E-state index is 12.3. The number of para-hydroxylation sites is 2. The van der Waals surface area contributed by atoms with Crippen LogP contribution in [0.5, 0.6) is 5.75 Å². The van der Waals surface area contributed by atoms with Crippen molar-refractivity contribution in [3.8, 4) is 5.75 Å². The van der Waals surface area contributed by atoms with Gasteiger partial charge in [-0.2, -0.15) is 8.78 Å². The van der Waals surface area contributed by atoms with Gasteiger partial charge in [-0.15, -0.1) is 0 Å². The monoisotopic (exact) mass is 266 g/mol. The molecule has 0 amide bonds. The number of halogens is 2. The number of aromatic nitrogens is 2. The van der Waals surface area contributed by atoms with E-state index in [2.05, 4.69) is 25.3 Å². The van der Waals surface area contributed by atoms with Crippen LogP contribution >= 0.6 is 0 Å². The van der Waals surface area contributed by atoms with E-state index in [1.54, 1.807) is 31.4 Å². The first-order chi connectivity index (χ1) is 9.19. The molecule has 0 atom stereocenters. The Morgan fingerprint density at radius 2 is 1.89 bits per heavy atom. The third-order valence-electron chi connectivity index (χ3n) is 2.26. The average Bonchev–Trinajstić information content (AvgIpc) is 2.41. The van der Waals surface area contributed by atoms with Crippen molar-refractivity contribution in [1.29, 1.82) is 0 Å². The fourth-order valence-corrected chi connectivity index (χ4v) is 1.45. The van der Waals surface area contributed by atoms with Gasteiger partial charge in [-0.3, -0.25) is 4.98 Å². The van der Waals surface area contributed by atoms with Gasteiger partial charge in [0.1, 0.15) is 11.6 Å². The largest absolute Gasteiger partial charge is 0.433 e. The van der Waals surface area contributed by atoms with Gasteiger partial charge in [-0.25, -0.2) is 4.98 Å². The van der Waals surface area contributed by atoms with Crippen molar-refractivity contribution >= 4 is 17.3 Å². The zero-order valence-electron chi connectivity index (χ0n) is 10.1. The van der Waals surface area contributed by atoms with Gasteiger partial charge in [0.25, 0.3) is 0 Å². The Morgan fingerprint density at radius 3 is 2.63 bits per heavy atom. The molecule has 0 fully saturated rings. The van der Waals surface area contributed by atoms with Crippen LogP contribution in [0.4, 0.5) is 26.1 Å². The van der Waals surface area contributed by atoms with Crippen LogP contribution in [0.1, 0.15) is 0 Å². The van der Waals surface area contributed by atoms with Crippen molar-refractivity contribution in [3.63, 3.8) is 0 Å². The molecule has 7 heteroatoms. The number of rotatable bonds is 5. The molecule has 0 saturated heterocycles. The molecule has 0 radical (unpaired) electrons. The van der Waals surface area contributed by atoms with Gasteiger partial charge in [-0.1, -0.05) is 12.1 Å². The van der Waals surface area contributed by atoms with Gasteiger partial charge in [-0.05, 0) is 12.1 Å². The number of ether oxygens (including phenoxy) is 1. The summed E-state index contributed by atoms with van der Waals surface area (Å²) in [6.45, 7) is -2.88. The van der Waals surface area contributed by atoms with Gasteiger partial charge in [0.15, 0.2) is 5.82 Å². The standard InChI is InChI=1S/C12H12F2N4O/c1-15-10-6-16-7-11(18-10)17-8-4-2-3-5-9(8)19-12(13)14/h2-7,12H,1H3,(H2,15,17,18). The SMILES string of the molecule is CNc1cncc(Nc2ccccc2OC(F)F)n1. The summed E-state index contributed by atoms with van der Waals surface area (Å²) in [5.74, 6) is 1.04. The second-order valence-electron chi connectivity index (χ2n) is 3.54. The second-order valence-corrected chi connectivity index (χ2v) is 3.54. The molecule has 2 aromatic rings. The molecular formula is C12H12F2N4O. The van der Waals surface area contributed by atoms with Crippen LogP contribution in [0.15, 0.2) is 36.7 Å². The van der Waals surface area contributed by atoms with E-state index in [1.165, 1.54) is 12.3 Å². The van der Waals surface area contributed by atoms with Crippen LogP contribution in [0.3, 0.4) is 0 Å². The molecule has 0 unspecified atom stereocenters. The van der Waals surface area contributed by atoms with E-state index >= 15 is 0 Å². The third kappa shape index (κ3) is 3.51. The van der Waals surface area contributed by atoms with Crippen LogP contribution in [0.25, 0.3) is 0 Å². The summed E-state index contributed by atoms with van der Waals surface area (Å²) in [5.41, 5.74) is 0.394. The number of nitrogens with zero attached hydrogens (tertiary/aromatic N) is 2. The van der Waals surface area contributed by atoms with E-state index in [4.69, 9.17) is 0 Å². The Labute approximate surface area is 108 Å². The maximum Gasteiger partial charge on any atom is 0.387 e. The highest BCUT2D eigenvalue weighted by Crippen LogP contribution is 2.28. The summed E-state index contributed by atoms with van der Waals surface area (Å²) in [6, 6.07) is 6.38. The van der Waals surface area contributed by atoms with Crippen LogP contribution in [-0.2, 0) is 0 Å². The van der Waals surface area contributed by atoms with Gasteiger partial charge < -0.3 is 15.4 Å². The fourth-order valence-electron chi connectivity index (χ4n) is 1.45. The van der Waals surface area contributed by atoms with Crippen LogP contribution in [0.2, 0.25) is 0 Å². The molecule has 19 heavy (non-hydrogen) atoms. The van der Waals surface area contributed by atoms with E-state index in [9.17, 15) is 8.78 Å². The summed E-state index contributed by atoms with van der Waals surface area (Å²) in [7, 11) is 1.71. The van der Waals surface area contributed by atoms with E-state index in [0.717, 1.165) is 0 Å². The first-order valence-electron chi connectivity index (χ1n) is 5.49. The molecule has 0 bridgehead atoms. The number of hydrogen-bond acceptors (Lipinski definition) is 5. The summed E-state index contributed by atoms with van der Waals surface area (Å²) >= 11 is 0. The predicted octanol–water partition coefficient (Wildman–Crippen LogP) is 2.86. The van der Waals surface area contributed by atoms with Gasteiger partial charge >= 0.3 is 6.61 Å². The molecule has 5 nitrogen and oxygen atoms in total. The van der Waals surface area contributed by atoms with Gasteiger partial charge in [0.2, 0.25) is 0 Å². The van der Waals surface area contributed by atoms with Crippen LogP contribution < -0.4 is 15.4 Å². The average molecular weight is 266 g/mol. The third-order valence-corrected chi connectivity index (χ3v) is 2.26. The molecule has 1 heterocycles. The first kappa shape index (κ1) is 13.0. The molecule has 100 valence electrons. The first-order valence-corrected chi connectivity index (χ1v) is 5.49. The highest BCUT2D eigenvalue weighted by atomic mass is 19.3. The summed E-state index contributed by atoms with van der Waals surface area (Å²) in [5, 5.41) is 5.72. The molecule has 2 N–H and O–H groups in total. The molecule has 0 spiro atoms. The van der Waals surface area contributed by atoms with Crippen molar-refractivity contribution in [3.05, 3.63) is 36.7 Å². The number of nitrogens with one attached hydrogen (secondary N) is 2. The second kappa shape index (κ2) is 5.94. The molecule has 0 aliphatic heterocycles. The van der Waals surface area contributed by atoms with E-state index < -0.39 is 6.61 Å². The van der Waals surface area contributed by atoms with Crippen LogP contribution in [-0.4, -0.2) is 23.6 Å². The summed E-state index contributed by atoms with van der Waals surface area (Å²) < 4.78 is 29.0. The van der Waals surface area contributed by atoms with Gasteiger partial charge in [0, 0.05) is 7.05 Å². The molecule has 0 aliphatic rings. The van der Waals surface area contributed by atoms with Crippen molar-refractivity contribution in [1.82, 2.24) is 9.97 Å². The minimum Gasteiger partial charge on any atom is -0.433 e. The zero-order chi connectivity index (χ0) is 13.7. The number of anilines is 3. The Balaban J connectivity index is 2.22. The molecule has 1 aromatic carbocycles. The lowest BCUT2D eigenvalue weighted by Gasteiger charge is -2.12. The smallest absolute Gasteiger partial charge is 0.387 e. The predicted molar refractivity (Wildman–Crippen MR) is 67.9 cm³/mol. The topological polar surface area (TPSA) is 59.1 Å². The quantitative estimate of drug-likeness (QED) is 0.871. The van der Waals surface area contributed by atoms with Crippen molar-refractivity contribution in [2.75, 3.05) is 17.7 Å². The van der Waals surface area contributed by atoms with E-state index in [0.29, 0.717) is 17.3 Å². The van der Waals surface area contributed by atoms with Crippen molar-refractivity contribution in [2.45, 2.75) is 6.61 Å². The maximum absolute atomic E-state index is 12.3. The molecule has 2 rings (SSSR count). The number of hydrogen-bond donors (Lipinski definition) is 2. The van der Waals surface area contributed by atoms with E-state index in [1.807, 2.05) is 0 Å². The minimum atomic E-state index is -2.88. The van der Waals surface area contributed by atoms with Gasteiger partial charge in [0.05, 0.1) is 18.1 Å².